The van der Waals surface area contributed by atoms with E-state index in [1.54, 1.807) is 17.9 Å². The summed E-state index contributed by atoms with van der Waals surface area (Å²) in [5.74, 6) is -0.181. The first-order valence-corrected chi connectivity index (χ1v) is 7.95. The summed E-state index contributed by atoms with van der Waals surface area (Å²) in [7, 11) is 0. The normalized spacial score (nSPS) is 13.1. The van der Waals surface area contributed by atoms with E-state index < -0.39 is 0 Å². The zero-order chi connectivity index (χ0) is 15.7. The number of rotatable bonds is 3. The molecule has 1 aromatic carbocycles. The lowest BCUT2D eigenvalue weighted by atomic mass is 10.1. The first-order valence-electron chi connectivity index (χ1n) is 7.13. The summed E-state index contributed by atoms with van der Waals surface area (Å²) in [5.41, 5.74) is 2.49. The number of aromatic nitrogens is 2. The minimum absolute atomic E-state index is 0.0249. The van der Waals surface area contributed by atoms with E-state index in [9.17, 15) is 9.59 Å². The van der Waals surface area contributed by atoms with Crippen LogP contribution in [-0.4, -0.2) is 28.6 Å². The second-order valence-corrected chi connectivity index (χ2v) is 6.13. The third-order valence-electron chi connectivity index (χ3n) is 3.61. The Bertz CT molecular complexity index is 741. The molecule has 0 radical (unpaired) electrons. The van der Waals surface area contributed by atoms with Crippen LogP contribution >= 0.6 is 11.3 Å². The minimum Gasteiger partial charge on any atom is -0.312 e. The summed E-state index contributed by atoms with van der Waals surface area (Å²) >= 11 is 1.38. The van der Waals surface area contributed by atoms with Crippen molar-refractivity contribution in [1.82, 2.24) is 10.2 Å². The van der Waals surface area contributed by atoms with Gasteiger partial charge in [-0.1, -0.05) is 18.3 Å². The van der Waals surface area contributed by atoms with Crippen molar-refractivity contribution in [2.24, 2.45) is 0 Å². The van der Waals surface area contributed by atoms with Gasteiger partial charge in [0.1, 0.15) is 5.01 Å². The molecule has 1 aliphatic rings. The molecule has 2 amide bonds. The number of aryl methyl sites for hydroxylation is 1. The highest BCUT2D eigenvalue weighted by Gasteiger charge is 2.23. The van der Waals surface area contributed by atoms with Crippen molar-refractivity contribution in [3.05, 3.63) is 34.3 Å². The Morgan fingerprint density at radius 1 is 1.36 bits per heavy atom. The summed E-state index contributed by atoms with van der Waals surface area (Å²) in [6.45, 7) is 4.22. The molecule has 0 unspecified atom stereocenters. The average molecular weight is 316 g/mol. The molecule has 2 heterocycles. The van der Waals surface area contributed by atoms with Gasteiger partial charge in [0, 0.05) is 24.7 Å². The van der Waals surface area contributed by atoms with Gasteiger partial charge in [0.15, 0.2) is 0 Å². The monoisotopic (exact) mass is 316 g/mol. The third kappa shape index (κ3) is 2.71. The van der Waals surface area contributed by atoms with Crippen LogP contribution in [0.1, 0.15) is 34.8 Å². The lowest BCUT2D eigenvalue weighted by molar-refractivity contribution is -0.116. The van der Waals surface area contributed by atoms with Crippen LogP contribution in [0.4, 0.5) is 10.8 Å². The molecule has 0 saturated heterocycles. The Hall–Kier alpha value is -2.28. The Morgan fingerprint density at radius 2 is 2.18 bits per heavy atom. The zero-order valence-corrected chi connectivity index (χ0v) is 13.2. The standard InChI is InChI=1S/C15H16N4O2S/c1-3-13-17-18-15(22-13)16-14(21)11-4-5-12-10(8-11)6-7-19(12)9(2)20/h4-5,8H,3,6-7H2,1-2H3,(H,16,18,21). The number of carbonyl (C=O) groups excluding carboxylic acids is 2. The lowest BCUT2D eigenvalue weighted by Crippen LogP contribution is -2.25. The second kappa shape index (κ2) is 5.84. The fourth-order valence-electron chi connectivity index (χ4n) is 2.49. The van der Waals surface area contributed by atoms with E-state index in [2.05, 4.69) is 15.5 Å². The molecular weight excluding hydrogens is 300 g/mol. The molecule has 2 aromatic rings. The van der Waals surface area contributed by atoms with E-state index >= 15 is 0 Å². The van der Waals surface area contributed by atoms with Gasteiger partial charge in [-0.05, 0) is 36.6 Å². The Morgan fingerprint density at radius 3 is 2.86 bits per heavy atom. The molecule has 1 N–H and O–H groups in total. The van der Waals surface area contributed by atoms with Crippen LogP contribution in [0.3, 0.4) is 0 Å². The van der Waals surface area contributed by atoms with Crippen LogP contribution in [0.25, 0.3) is 0 Å². The van der Waals surface area contributed by atoms with Gasteiger partial charge in [-0.15, -0.1) is 10.2 Å². The van der Waals surface area contributed by atoms with Gasteiger partial charge in [-0.2, -0.15) is 0 Å². The van der Waals surface area contributed by atoms with Crippen LogP contribution < -0.4 is 10.2 Å². The van der Waals surface area contributed by atoms with Gasteiger partial charge < -0.3 is 4.90 Å². The number of fused-ring (bicyclic) bond motifs is 1. The van der Waals surface area contributed by atoms with E-state index in [0.717, 1.165) is 29.1 Å². The van der Waals surface area contributed by atoms with Gasteiger partial charge in [0.25, 0.3) is 5.91 Å². The summed E-state index contributed by atoms with van der Waals surface area (Å²) in [6.07, 6.45) is 1.57. The molecule has 3 rings (SSSR count). The van der Waals surface area contributed by atoms with E-state index in [0.29, 0.717) is 17.2 Å². The van der Waals surface area contributed by atoms with Gasteiger partial charge >= 0.3 is 0 Å². The number of hydrogen-bond donors (Lipinski definition) is 1. The molecular formula is C15H16N4O2S. The van der Waals surface area contributed by atoms with Crippen molar-refractivity contribution in [2.75, 3.05) is 16.8 Å². The van der Waals surface area contributed by atoms with Crippen LogP contribution in [0, 0.1) is 0 Å². The minimum atomic E-state index is -0.206. The number of amides is 2. The van der Waals surface area contributed by atoms with Crippen LogP contribution in [-0.2, 0) is 17.6 Å². The molecule has 0 aliphatic carbocycles. The number of carbonyl (C=O) groups is 2. The molecule has 7 heteroatoms. The Labute approximate surface area is 132 Å². The number of hydrogen-bond acceptors (Lipinski definition) is 5. The largest absolute Gasteiger partial charge is 0.312 e. The summed E-state index contributed by atoms with van der Waals surface area (Å²) in [4.78, 5) is 25.5. The SMILES string of the molecule is CCc1nnc(NC(=O)c2ccc3c(c2)CCN3C(C)=O)s1. The maximum Gasteiger partial charge on any atom is 0.257 e. The van der Waals surface area contributed by atoms with Crippen LogP contribution in [0.2, 0.25) is 0 Å². The average Bonchev–Trinajstić information content (AvgIpc) is 3.12. The molecule has 114 valence electrons. The van der Waals surface area contributed by atoms with Gasteiger partial charge in [-0.3, -0.25) is 14.9 Å². The molecule has 0 saturated carbocycles. The first kappa shape index (κ1) is 14.6. The van der Waals surface area contributed by atoms with Crippen LogP contribution in [0.5, 0.6) is 0 Å². The Kier molecular flexibility index (Phi) is 3.89. The molecule has 22 heavy (non-hydrogen) atoms. The van der Waals surface area contributed by atoms with Crippen molar-refractivity contribution in [3.63, 3.8) is 0 Å². The molecule has 0 bridgehead atoms. The van der Waals surface area contributed by atoms with Crippen molar-refractivity contribution >= 4 is 34.0 Å². The summed E-state index contributed by atoms with van der Waals surface area (Å²) in [5, 5.41) is 12.1. The smallest absolute Gasteiger partial charge is 0.257 e. The molecule has 1 aromatic heterocycles. The van der Waals surface area contributed by atoms with Gasteiger partial charge in [-0.25, -0.2) is 0 Å². The highest BCUT2D eigenvalue weighted by Crippen LogP contribution is 2.29. The predicted molar refractivity (Wildman–Crippen MR) is 85.4 cm³/mol. The number of benzene rings is 1. The van der Waals surface area contributed by atoms with Crippen molar-refractivity contribution in [3.8, 4) is 0 Å². The fraction of sp³-hybridized carbons (Fsp3) is 0.333. The maximum atomic E-state index is 12.3. The highest BCUT2D eigenvalue weighted by molar-refractivity contribution is 7.15. The van der Waals surface area contributed by atoms with E-state index in [1.165, 1.54) is 11.3 Å². The molecule has 0 fully saturated rings. The van der Waals surface area contributed by atoms with E-state index in [4.69, 9.17) is 0 Å². The van der Waals surface area contributed by atoms with E-state index in [1.807, 2.05) is 19.1 Å². The number of anilines is 2. The lowest BCUT2D eigenvalue weighted by Gasteiger charge is -2.14. The third-order valence-corrected chi connectivity index (χ3v) is 4.59. The van der Waals surface area contributed by atoms with Gasteiger partial charge in [0.05, 0.1) is 0 Å². The van der Waals surface area contributed by atoms with E-state index in [-0.39, 0.29) is 11.8 Å². The molecule has 6 nitrogen and oxygen atoms in total. The topological polar surface area (TPSA) is 75.2 Å². The fourth-order valence-corrected chi connectivity index (χ4v) is 3.16. The van der Waals surface area contributed by atoms with Gasteiger partial charge in [0.2, 0.25) is 11.0 Å². The number of nitrogens with zero attached hydrogens (tertiary/aromatic N) is 3. The first-order chi connectivity index (χ1) is 10.6. The molecule has 0 spiro atoms. The maximum absolute atomic E-state index is 12.3. The van der Waals surface area contributed by atoms with Crippen molar-refractivity contribution < 1.29 is 9.59 Å². The van der Waals surface area contributed by atoms with Crippen molar-refractivity contribution in [2.45, 2.75) is 26.7 Å². The number of nitrogens with one attached hydrogen (secondary N) is 1. The summed E-state index contributed by atoms with van der Waals surface area (Å²) in [6, 6.07) is 5.41. The predicted octanol–water partition coefficient (Wildman–Crippen LogP) is 2.26. The molecule has 1 aliphatic heterocycles. The second-order valence-electron chi connectivity index (χ2n) is 5.07. The molecule has 0 atom stereocenters. The summed E-state index contributed by atoms with van der Waals surface area (Å²) < 4.78 is 0. The zero-order valence-electron chi connectivity index (χ0n) is 12.4. The van der Waals surface area contributed by atoms with Crippen molar-refractivity contribution in [1.29, 1.82) is 0 Å². The quantitative estimate of drug-likeness (QED) is 0.942. The highest BCUT2D eigenvalue weighted by atomic mass is 32.1. The van der Waals surface area contributed by atoms with Crippen LogP contribution in [0.15, 0.2) is 18.2 Å². The Balaban J connectivity index is 1.78.